The van der Waals surface area contributed by atoms with E-state index in [1.165, 1.54) is 0 Å². The molecule has 0 aliphatic heterocycles. The number of hydrogen-bond donors (Lipinski definition) is 1. The minimum atomic E-state index is -0.840. The summed E-state index contributed by atoms with van der Waals surface area (Å²) < 4.78 is 5.16. The van der Waals surface area contributed by atoms with Crippen LogP contribution in [-0.2, 0) is 10.2 Å². The molecule has 1 aromatic carbocycles. The minimum Gasteiger partial charge on any atom is -0.495 e. The van der Waals surface area contributed by atoms with Gasteiger partial charge in [-0.3, -0.25) is 4.79 Å². The van der Waals surface area contributed by atoms with Crippen molar-refractivity contribution >= 4 is 17.6 Å². The van der Waals surface area contributed by atoms with Crippen LogP contribution in [0.15, 0.2) is 12.1 Å². The third-order valence-corrected chi connectivity index (χ3v) is 3.18. The van der Waals surface area contributed by atoms with Crippen LogP contribution >= 0.6 is 11.6 Å². The van der Waals surface area contributed by atoms with Gasteiger partial charge in [0.1, 0.15) is 5.75 Å². The van der Waals surface area contributed by atoms with Gasteiger partial charge in [-0.1, -0.05) is 31.5 Å². The first-order valence-electron chi connectivity index (χ1n) is 5.35. The number of carboxylic acids is 1. The molecule has 0 aromatic heterocycles. The summed E-state index contributed by atoms with van der Waals surface area (Å²) in [6.07, 6.45) is 0.0285. The minimum absolute atomic E-state index is 0.0285. The third kappa shape index (κ3) is 2.91. The van der Waals surface area contributed by atoms with Gasteiger partial charge in [0, 0.05) is 5.41 Å². The van der Waals surface area contributed by atoms with Crippen molar-refractivity contribution in [3.8, 4) is 5.75 Å². The molecule has 1 aromatic rings. The highest BCUT2D eigenvalue weighted by Crippen LogP contribution is 2.40. The Morgan fingerprint density at radius 2 is 2.06 bits per heavy atom. The van der Waals surface area contributed by atoms with E-state index in [1.54, 1.807) is 13.2 Å². The van der Waals surface area contributed by atoms with Gasteiger partial charge in [-0.15, -0.1) is 0 Å². The first-order valence-corrected chi connectivity index (χ1v) is 5.72. The standard InChI is InChI=1S/C13H17ClO3/c1-8-5-6-9(17-4)12(14)11(8)13(2,3)7-10(15)16/h5-6H,7H2,1-4H3,(H,15,16). The molecule has 0 spiro atoms. The van der Waals surface area contributed by atoms with Crippen LogP contribution in [0.25, 0.3) is 0 Å². The Morgan fingerprint density at radius 1 is 1.47 bits per heavy atom. The van der Waals surface area contributed by atoms with Crippen molar-refractivity contribution in [3.05, 3.63) is 28.3 Å². The van der Waals surface area contributed by atoms with E-state index in [4.69, 9.17) is 21.4 Å². The SMILES string of the molecule is COc1ccc(C)c(C(C)(C)CC(=O)O)c1Cl. The van der Waals surface area contributed by atoms with E-state index < -0.39 is 11.4 Å². The first kappa shape index (κ1) is 13.8. The molecule has 0 aliphatic carbocycles. The van der Waals surface area contributed by atoms with E-state index in [2.05, 4.69) is 0 Å². The van der Waals surface area contributed by atoms with Crippen LogP contribution in [0.5, 0.6) is 5.75 Å². The van der Waals surface area contributed by atoms with Crippen LogP contribution in [0.4, 0.5) is 0 Å². The predicted molar refractivity (Wildman–Crippen MR) is 68.0 cm³/mol. The number of benzene rings is 1. The number of rotatable bonds is 4. The van der Waals surface area contributed by atoms with Gasteiger partial charge >= 0.3 is 5.97 Å². The Labute approximate surface area is 106 Å². The number of halogens is 1. The summed E-state index contributed by atoms with van der Waals surface area (Å²) in [7, 11) is 1.55. The van der Waals surface area contributed by atoms with Gasteiger partial charge < -0.3 is 9.84 Å². The molecule has 0 aliphatic rings. The highest BCUT2D eigenvalue weighted by molar-refractivity contribution is 6.33. The Balaban J connectivity index is 3.33. The number of hydrogen-bond acceptors (Lipinski definition) is 2. The summed E-state index contributed by atoms with van der Waals surface area (Å²) in [6, 6.07) is 3.68. The Hall–Kier alpha value is -1.22. The number of aryl methyl sites for hydroxylation is 1. The fraction of sp³-hybridized carbons (Fsp3) is 0.462. The smallest absolute Gasteiger partial charge is 0.304 e. The molecule has 0 saturated heterocycles. The summed E-state index contributed by atoms with van der Waals surface area (Å²) in [6.45, 7) is 5.66. The lowest BCUT2D eigenvalue weighted by Gasteiger charge is -2.27. The van der Waals surface area contributed by atoms with Crippen molar-refractivity contribution < 1.29 is 14.6 Å². The maximum Gasteiger partial charge on any atom is 0.304 e. The van der Waals surface area contributed by atoms with Crippen molar-refractivity contribution in [2.45, 2.75) is 32.6 Å². The van der Waals surface area contributed by atoms with Crippen molar-refractivity contribution in [1.82, 2.24) is 0 Å². The van der Waals surface area contributed by atoms with Crippen molar-refractivity contribution in [2.75, 3.05) is 7.11 Å². The van der Waals surface area contributed by atoms with Gasteiger partial charge in [0.15, 0.2) is 0 Å². The van der Waals surface area contributed by atoms with E-state index in [-0.39, 0.29) is 6.42 Å². The Morgan fingerprint density at radius 3 is 2.53 bits per heavy atom. The Bertz CT molecular complexity index is 439. The second-order valence-electron chi connectivity index (χ2n) is 4.73. The fourth-order valence-corrected chi connectivity index (χ4v) is 2.65. The number of aliphatic carboxylic acids is 1. The highest BCUT2D eigenvalue weighted by Gasteiger charge is 2.29. The molecule has 1 N–H and O–H groups in total. The molecule has 0 unspecified atom stereocenters. The lowest BCUT2D eigenvalue weighted by atomic mass is 9.79. The molecule has 94 valence electrons. The Kier molecular flexibility index (Phi) is 4.04. The summed E-state index contributed by atoms with van der Waals surface area (Å²) in [5, 5.41) is 9.44. The normalized spacial score (nSPS) is 11.4. The zero-order valence-corrected chi connectivity index (χ0v) is 11.3. The lowest BCUT2D eigenvalue weighted by Crippen LogP contribution is -2.23. The van der Waals surface area contributed by atoms with Crippen LogP contribution in [0.2, 0.25) is 5.02 Å². The molecule has 0 radical (unpaired) electrons. The summed E-state index contributed by atoms with van der Waals surface area (Å²) >= 11 is 6.26. The number of carboxylic acid groups (broad SMARTS) is 1. The molecule has 0 heterocycles. The van der Waals surface area contributed by atoms with Gasteiger partial charge in [-0.25, -0.2) is 0 Å². The third-order valence-electron chi connectivity index (χ3n) is 2.80. The summed E-state index contributed by atoms with van der Waals surface area (Å²) in [4.78, 5) is 10.9. The molecule has 3 nitrogen and oxygen atoms in total. The fourth-order valence-electron chi connectivity index (χ4n) is 2.11. The van der Waals surface area contributed by atoms with Gasteiger partial charge in [0.2, 0.25) is 0 Å². The number of ether oxygens (including phenoxy) is 1. The molecule has 1 rings (SSSR count). The summed E-state index contributed by atoms with van der Waals surface area (Å²) in [5.74, 6) is -0.265. The molecule has 4 heteroatoms. The van der Waals surface area contributed by atoms with Gasteiger partial charge in [0.25, 0.3) is 0 Å². The highest BCUT2D eigenvalue weighted by atomic mass is 35.5. The molecule has 0 saturated carbocycles. The number of methoxy groups -OCH3 is 1. The monoisotopic (exact) mass is 256 g/mol. The molecular formula is C13H17ClO3. The molecule has 0 bridgehead atoms. The van der Waals surface area contributed by atoms with Gasteiger partial charge in [-0.05, 0) is 24.1 Å². The second-order valence-corrected chi connectivity index (χ2v) is 5.11. The predicted octanol–water partition coefficient (Wildman–Crippen LogP) is 3.41. The van der Waals surface area contributed by atoms with E-state index in [0.717, 1.165) is 11.1 Å². The van der Waals surface area contributed by atoms with E-state index in [1.807, 2.05) is 26.8 Å². The van der Waals surface area contributed by atoms with Crippen molar-refractivity contribution in [3.63, 3.8) is 0 Å². The average Bonchev–Trinajstić information content (AvgIpc) is 2.15. The van der Waals surface area contributed by atoms with E-state index in [0.29, 0.717) is 10.8 Å². The lowest BCUT2D eigenvalue weighted by molar-refractivity contribution is -0.138. The molecular weight excluding hydrogens is 240 g/mol. The van der Waals surface area contributed by atoms with Crippen molar-refractivity contribution in [2.24, 2.45) is 0 Å². The average molecular weight is 257 g/mol. The zero-order valence-electron chi connectivity index (χ0n) is 10.5. The van der Waals surface area contributed by atoms with Crippen molar-refractivity contribution in [1.29, 1.82) is 0 Å². The van der Waals surface area contributed by atoms with Crippen LogP contribution in [0.1, 0.15) is 31.4 Å². The number of carbonyl (C=O) groups is 1. The second kappa shape index (κ2) is 4.96. The van der Waals surface area contributed by atoms with Crippen LogP contribution in [0, 0.1) is 6.92 Å². The molecule has 17 heavy (non-hydrogen) atoms. The van der Waals surface area contributed by atoms with Crippen LogP contribution < -0.4 is 4.74 Å². The van der Waals surface area contributed by atoms with E-state index in [9.17, 15) is 4.79 Å². The topological polar surface area (TPSA) is 46.5 Å². The van der Waals surface area contributed by atoms with Crippen LogP contribution in [-0.4, -0.2) is 18.2 Å². The maximum atomic E-state index is 10.9. The first-order chi connectivity index (χ1) is 7.79. The quantitative estimate of drug-likeness (QED) is 0.898. The molecule has 0 atom stereocenters. The molecule has 0 fully saturated rings. The van der Waals surface area contributed by atoms with Gasteiger partial charge in [-0.2, -0.15) is 0 Å². The zero-order chi connectivity index (χ0) is 13.2. The summed E-state index contributed by atoms with van der Waals surface area (Å²) in [5.41, 5.74) is 1.28. The maximum absolute atomic E-state index is 10.9. The molecule has 0 amide bonds. The van der Waals surface area contributed by atoms with Gasteiger partial charge in [0.05, 0.1) is 18.6 Å². The van der Waals surface area contributed by atoms with Crippen LogP contribution in [0.3, 0.4) is 0 Å². The largest absolute Gasteiger partial charge is 0.495 e. The van der Waals surface area contributed by atoms with E-state index >= 15 is 0 Å².